The maximum absolute atomic E-state index is 12.3. The molecule has 0 bridgehead atoms. The summed E-state index contributed by atoms with van der Waals surface area (Å²) < 4.78 is 10.2. The van der Waals surface area contributed by atoms with Gasteiger partial charge in [-0.25, -0.2) is 4.79 Å². The average molecular weight is 432 g/mol. The van der Waals surface area contributed by atoms with Crippen LogP contribution in [0.25, 0.3) is 0 Å². The smallest absolute Gasteiger partial charge is 0.407 e. The Morgan fingerprint density at radius 2 is 2.00 bits per heavy atom. The van der Waals surface area contributed by atoms with Crippen LogP contribution in [-0.4, -0.2) is 54.2 Å². The third-order valence-corrected chi connectivity index (χ3v) is 5.61. The van der Waals surface area contributed by atoms with Crippen LogP contribution in [0, 0.1) is 0 Å². The van der Waals surface area contributed by atoms with Gasteiger partial charge >= 0.3 is 12.1 Å². The number of hydrogen-bond acceptors (Lipinski definition) is 5. The summed E-state index contributed by atoms with van der Waals surface area (Å²) in [4.78, 5) is 36.7. The number of ether oxygens (including phenoxy) is 2. The molecule has 1 amide bonds. The second-order valence-electron chi connectivity index (χ2n) is 6.55. The lowest BCUT2D eigenvalue weighted by Gasteiger charge is -2.38. The molecule has 1 aliphatic heterocycles. The van der Waals surface area contributed by atoms with Gasteiger partial charge in [0, 0.05) is 24.6 Å². The number of carbonyl (C=O) groups is 3. The summed E-state index contributed by atoms with van der Waals surface area (Å²) in [6, 6.07) is 2.78. The van der Waals surface area contributed by atoms with Crippen molar-refractivity contribution >= 4 is 41.0 Å². The van der Waals surface area contributed by atoms with Gasteiger partial charge in [0.25, 0.3) is 0 Å². The van der Waals surface area contributed by atoms with Crippen LogP contribution < -0.4 is 4.74 Å². The van der Waals surface area contributed by atoms with E-state index in [4.69, 9.17) is 32.7 Å². The van der Waals surface area contributed by atoms with Gasteiger partial charge in [-0.05, 0) is 37.8 Å². The summed E-state index contributed by atoms with van der Waals surface area (Å²) in [5, 5.41) is 10.2. The average Bonchev–Trinajstić information content (AvgIpc) is 2.63. The van der Waals surface area contributed by atoms with E-state index in [0.717, 1.165) is 0 Å². The molecule has 0 spiro atoms. The van der Waals surface area contributed by atoms with Gasteiger partial charge in [-0.1, -0.05) is 23.2 Å². The molecule has 1 aromatic carbocycles. The Hall–Kier alpha value is -1.99. The number of carboxylic acid groups (broad SMARTS) is 1. The van der Waals surface area contributed by atoms with Gasteiger partial charge in [0.1, 0.15) is 18.0 Å². The molecule has 1 heterocycles. The molecule has 1 fully saturated rings. The third kappa shape index (κ3) is 5.29. The Morgan fingerprint density at radius 1 is 1.29 bits per heavy atom. The van der Waals surface area contributed by atoms with Crippen LogP contribution in [0.2, 0.25) is 10.0 Å². The lowest BCUT2D eigenvalue weighted by Crippen LogP contribution is -2.46. The van der Waals surface area contributed by atoms with E-state index >= 15 is 0 Å². The van der Waals surface area contributed by atoms with E-state index in [1.54, 1.807) is 19.1 Å². The number of Topliss-reactive ketones (excluding diaryl/α,β-unsaturated/α-hetero) is 1. The zero-order valence-electron chi connectivity index (χ0n) is 15.7. The van der Waals surface area contributed by atoms with Crippen molar-refractivity contribution in [3.63, 3.8) is 0 Å². The molecule has 0 aliphatic carbocycles. The molecule has 1 N–H and O–H groups in total. The zero-order valence-corrected chi connectivity index (χ0v) is 17.3. The molecule has 0 unspecified atom stereocenters. The van der Waals surface area contributed by atoms with E-state index in [1.165, 1.54) is 12.0 Å². The van der Waals surface area contributed by atoms with Crippen molar-refractivity contribution in [1.29, 1.82) is 0 Å². The van der Waals surface area contributed by atoms with Crippen LogP contribution in [0.4, 0.5) is 4.79 Å². The molecule has 1 aromatic rings. The van der Waals surface area contributed by atoms with Crippen molar-refractivity contribution in [2.24, 2.45) is 0 Å². The fourth-order valence-corrected chi connectivity index (χ4v) is 4.05. The highest BCUT2D eigenvalue weighted by atomic mass is 35.5. The molecule has 154 valence electrons. The van der Waals surface area contributed by atoms with Crippen molar-refractivity contribution in [3.8, 4) is 5.75 Å². The number of ketones is 1. The molecule has 1 aliphatic rings. The van der Waals surface area contributed by atoms with Gasteiger partial charge < -0.3 is 19.5 Å². The molecule has 0 saturated carbocycles. The summed E-state index contributed by atoms with van der Waals surface area (Å²) >= 11 is 12.5. The summed E-state index contributed by atoms with van der Waals surface area (Å²) in [5.74, 6) is -0.530. The minimum Gasteiger partial charge on any atom is -0.496 e. The van der Waals surface area contributed by atoms with E-state index in [-0.39, 0.29) is 37.7 Å². The molecule has 0 aromatic heterocycles. The maximum atomic E-state index is 12.3. The third-order valence-electron chi connectivity index (χ3n) is 4.79. The van der Waals surface area contributed by atoms with E-state index in [1.807, 2.05) is 0 Å². The molecule has 2 rings (SSSR count). The van der Waals surface area contributed by atoms with Crippen LogP contribution in [0.15, 0.2) is 12.1 Å². The number of piperidine rings is 1. The van der Waals surface area contributed by atoms with Crippen molar-refractivity contribution < 1.29 is 29.0 Å². The lowest BCUT2D eigenvalue weighted by atomic mass is 9.83. The van der Waals surface area contributed by atoms with Crippen LogP contribution in [-0.2, 0) is 14.3 Å². The number of esters is 1. The Kier molecular flexibility index (Phi) is 7.95. The number of hydrogen-bond donors (Lipinski definition) is 1. The first-order valence-electron chi connectivity index (χ1n) is 8.97. The first kappa shape index (κ1) is 22.3. The molecular formula is C19H23Cl2NO6. The fraction of sp³-hybridized carbons (Fsp3) is 0.526. The van der Waals surface area contributed by atoms with E-state index in [2.05, 4.69) is 0 Å². The molecular weight excluding hydrogens is 409 g/mol. The topological polar surface area (TPSA) is 93.1 Å². The first-order chi connectivity index (χ1) is 13.3. The van der Waals surface area contributed by atoms with E-state index in [9.17, 15) is 19.5 Å². The Morgan fingerprint density at radius 3 is 2.61 bits per heavy atom. The SMILES string of the molecule is CCOC(=O)CC(=O)C[C@@H]1C[C@H](c2c(OC)ccc(Cl)c2Cl)CCN1C(=O)O. The second kappa shape index (κ2) is 9.98. The molecule has 9 heteroatoms. The number of rotatable bonds is 7. The van der Waals surface area contributed by atoms with Crippen molar-refractivity contribution in [2.45, 2.75) is 44.6 Å². The number of benzene rings is 1. The number of halogens is 2. The Balaban J connectivity index is 2.22. The summed E-state index contributed by atoms with van der Waals surface area (Å²) in [5.41, 5.74) is 0.713. The maximum Gasteiger partial charge on any atom is 0.407 e. The predicted molar refractivity (Wildman–Crippen MR) is 104 cm³/mol. The normalized spacial score (nSPS) is 19.2. The first-order valence-corrected chi connectivity index (χ1v) is 9.72. The second-order valence-corrected chi connectivity index (χ2v) is 7.34. The van der Waals surface area contributed by atoms with Crippen LogP contribution in [0.1, 0.15) is 44.1 Å². The monoisotopic (exact) mass is 431 g/mol. The van der Waals surface area contributed by atoms with Crippen LogP contribution >= 0.6 is 23.2 Å². The van der Waals surface area contributed by atoms with Gasteiger partial charge in [-0.2, -0.15) is 0 Å². The van der Waals surface area contributed by atoms with E-state index in [0.29, 0.717) is 34.2 Å². The van der Waals surface area contributed by atoms with Gasteiger partial charge in [0.15, 0.2) is 0 Å². The standard InChI is InChI=1S/C19H23Cl2NO6/c1-3-28-16(24)10-13(23)9-12-8-11(6-7-22(12)19(25)26)17-15(27-2)5-4-14(20)18(17)21/h4-5,11-12H,3,6-10H2,1-2H3,(H,25,26)/t11-,12+/m1/s1. The van der Waals surface area contributed by atoms with Crippen LogP contribution in [0.5, 0.6) is 5.75 Å². The lowest BCUT2D eigenvalue weighted by molar-refractivity contribution is -0.145. The van der Waals surface area contributed by atoms with Crippen molar-refractivity contribution in [2.75, 3.05) is 20.3 Å². The highest BCUT2D eigenvalue weighted by Crippen LogP contribution is 2.43. The van der Waals surface area contributed by atoms with Gasteiger partial charge in [-0.15, -0.1) is 0 Å². The van der Waals surface area contributed by atoms with Gasteiger partial charge in [0.2, 0.25) is 0 Å². The minimum atomic E-state index is -1.10. The zero-order chi connectivity index (χ0) is 20.8. The predicted octanol–water partition coefficient (Wildman–Crippen LogP) is 4.14. The number of carbonyl (C=O) groups excluding carboxylic acids is 2. The van der Waals surface area contributed by atoms with Gasteiger partial charge in [-0.3, -0.25) is 9.59 Å². The molecule has 0 radical (unpaired) electrons. The molecule has 1 saturated heterocycles. The number of methoxy groups -OCH3 is 1. The minimum absolute atomic E-state index is 0.0673. The van der Waals surface area contributed by atoms with Crippen molar-refractivity contribution in [3.05, 3.63) is 27.7 Å². The molecule has 28 heavy (non-hydrogen) atoms. The number of amides is 1. The summed E-state index contributed by atoms with van der Waals surface area (Å²) in [7, 11) is 1.52. The Labute approximate surface area is 173 Å². The molecule has 7 nitrogen and oxygen atoms in total. The van der Waals surface area contributed by atoms with Crippen molar-refractivity contribution in [1.82, 2.24) is 4.90 Å². The van der Waals surface area contributed by atoms with E-state index < -0.39 is 18.1 Å². The number of likely N-dealkylation sites (tertiary alicyclic amines) is 1. The summed E-state index contributed by atoms with van der Waals surface area (Å²) in [6.45, 7) is 2.08. The van der Waals surface area contributed by atoms with Crippen LogP contribution in [0.3, 0.4) is 0 Å². The highest BCUT2D eigenvalue weighted by Gasteiger charge is 2.36. The largest absolute Gasteiger partial charge is 0.496 e. The summed E-state index contributed by atoms with van der Waals surface area (Å²) in [6.07, 6.45) is -0.648. The fourth-order valence-electron chi connectivity index (χ4n) is 3.57. The highest BCUT2D eigenvalue weighted by molar-refractivity contribution is 6.42. The van der Waals surface area contributed by atoms with Gasteiger partial charge in [0.05, 0.1) is 23.8 Å². The number of nitrogens with zero attached hydrogens (tertiary/aromatic N) is 1. The Bertz CT molecular complexity index is 754. The quantitative estimate of drug-likeness (QED) is 0.514. The molecule has 2 atom stereocenters.